The van der Waals surface area contributed by atoms with Gasteiger partial charge in [-0.3, -0.25) is 0 Å². The Bertz CT molecular complexity index is 838. The molecule has 2 aromatic rings. The highest BCUT2D eigenvalue weighted by Gasteiger charge is 2.44. The summed E-state index contributed by atoms with van der Waals surface area (Å²) in [6, 6.07) is 10.9. The highest BCUT2D eigenvalue weighted by molar-refractivity contribution is 6.33. The number of benzene rings is 2. The van der Waals surface area contributed by atoms with Gasteiger partial charge in [0.05, 0.1) is 17.2 Å². The van der Waals surface area contributed by atoms with Crippen LogP contribution in [0.3, 0.4) is 0 Å². The van der Waals surface area contributed by atoms with Crippen molar-refractivity contribution in [1.29, 1.82) is 0 Å². The fourth-order valence-corrected chi connectivity index (χ4v) is 3.17. The van der Waals surface area contributed by atoms with E-state index in [1.54, 1.807) is 24.3 Å². The van der Waals surface area contributed by atoms with E-state index in [1.165, 1.54) is 18.2 Å². The number of halogens is 1. The number of aliphatic hydroxyl groups excluding tert-OH is 4. The van der Waals surface area contributed by atoms with Crippen molar-refractivity contribution >= 4 is 17.6 Å². The molecule has 1 fully saturated rings. The molecule has 0 saturated carbocycles. The molecule has 150 valence electrons. The number of carboxylic acid groups (broad SMARTS) is 1. The van der Waals surface area contributed by atoms with Gasteiger partial charge in [-0.25, -0.2) is 4.79 Å². The minimum Gasteiger partial charge on any atom is -0.478 e. The Kier molecular flexibility index (Phi) is 6.19. The molecular weight excluding hydrogens is 392 g/mol. The van der Waals surface area contributed by atoms with Crippen molar-refractivity contribution in [2.24, 2.45) is 0 Å². The Morgan fingerprint density at radius 3 is 2.29 bits per heavy atom. The maximum Gasteiger partial charge on any atom is 0.335 e. The molecule has 0 aliphatic carbocycles. The lowest BCUT2D eigenvalue weighted by molar-refractivity contribution is -0.277. The average molecular weight is 411 g/mol. The summed E-state index contributed by atoms with van der Waals surface area (Å²) in [4.78, 5) is 10.9. The molecule has 9 heteroatoms. The van der Waals surface area contributed by atoms with Gasteiger partial charge in [-0.15, -0.1) is 0 Å². The molecule has 0 radical (unpaired) electrons. The second kappa shape index (κ2) is 8.44. The number of hydrogen-bond acceptors (Lipinski definition) is 7. The summed E-state index contributed by atoms with van der Waals surface area (Å²) >= 11 is 6.30. The minimum atomic E-state index is -1.54. The molecule has 2 aromatic carbocycles. The van der Waals surface area contributed by atoms with Gasteiger partial charge in [0.25, 0.3) is 0 Å². The first-order chi connectivity index (χ1) is 13.3. The highest BCUT2D eigenvalue weighted by Crippen LogP contribution is 2.33. The number of rotatable bonds is 5. The standard InChI is InChI=1S/C19H19ClO8/c20-13-7-11(27-19-17(24)16(23)15(22)14(8-21)28-19)5-6-12(13)9-1-3-10(4-2-9)18(25)26/h1-7,14-17,19,21-24H,8H2,(H,25,26)/t14-,15-,16+,17+,19+/m1/s1. The second-order valence-electron chi connectivity index (χ2n) is 6.34. The molecule has 1 saturated heterocycles. The van der Waals surface area contributed by atoms with Gasteiger partial charge in [0.1, 0.15) is 30.2 Å². The van der Waals surface area contributed by atoms with E-state index in [9.17, 15) is 25.2 Å². The summed E-state index contributed by atoms with van der Waals surface area (Å²) in [6.07, 6.45) is -6.93. The lowest BCUT2D eigenvalue weighted by Gasteiger charge is -2.39. The van der Waals surface area contributed by atoms with Crippen molar-refractivity contribution in [2.45, 2.75) is 30.7 Å². The number of carboxylic acids is 1. The summed E-state index contributed by atoms with van der Waals surface area (Å²) < 4.78 is 10.8. The van der Waals surface area contributed by atoms with Crippen LogP contribution in [0.4, 0.5) is 0 Å². The Labute approximate surface area is 165 Å². The van der Waals surface area contributed by atoms with Crippen LogP contribution in [0.25, 0.3) is 11.1 Å². The van der Waals surface area contributed by atoms with E-state index in [2.05, 4.69) is 0 Å². The van der Waals surface area contributed by atoms with Gasteiger partial charge >= 0.3 is 5.97 Å². The monoisotopic (exact) mass is 410 g/mol. The lowest BCUT2D eigenvalue weighted by atomic mass is 9.99. The van der Waals surface area contributed by atoms with Crippen molar-refractivity contribution in [3.05, 3.63) is 53.1 Å². The molecule has 3 rings (SSSR count). The van der Waals surface area contributed by atoms with Crippen molar-refractivity contribution < 1.29 is 39.8 Å². The third-order valence-electron chi connectivity index (χ3n) is 4.48. The van der Waals surface area contributed by atoms with E-state index in [0.717, 1.165) is 0 Å². The summed E-state index contributed by atoms with van der Waals surface area (Å²) in [5, 5.41) is 48.1. The molecule has 5 N–H and O–H groups in total. The van der Waals surface area contributed by atoms with Crippen LogP contribution in [0.2, 0.25) is 5.02 Å². The largest absolute Gasteiger partial charge is 0.478 e. The number of hydrogen-bond donors (Lipinski definition) is 5. The number of carbonyl (C=O) groups is 1. The lowest BCUT2D eigenvalue weighted by Crippen LogP contribution is -2.60. The van der Waals surface area contributed by atoms with Crippen LogP contribution in [0.1, 0.15) is 10.4 Å². The van der Waals surface area contributed by atoms with Crippen molar-refractivity contribution in [3.8, 4) is 16.9 Å². The zero-order valence-corrected chi connectivity index (χ0v) is 15.2. The van der Waals surface area contributed by atoms with Crippen LogP contribution in [0.15, 0.2) is 42.5 Å². The van der Waals surface area contributed by atoms with Gasteiger partial charge in [0.2, 0.25) is 6.29 Å². The van der Waals surface area contributed by atoms with Crippen LogP contribution < -0.4 is 4.74 Å². The van der Waals surface area contributed by atoms with E-state index >= 15 is 0 Å². The van der Waals surface area contributed by atoms with E-state index in [4.69, 9.17) is 26.2 Å². The molecule has 1 aliphatic rings. The Balaban J connectivity index is 1.78. The fourth-order valence-electron chi connectivity index (χ4n) is 2.89. The summed E-state index contributed by atoms with van der Waals surface area (Å²) in [6.45, 7) is -0.559. The van der Waals surface area contributed by atoms with Gasteiger partial charge in [-0.1, -0.05) is 23.7 Å². The van der Waals surface area contributed by atoms with Gasteiger partial charge < -0.3 is 35.0 Å². The fraction of sp³-hybridized carbons (Fsp3) is 0.316. The molecule has 28 heavy (non-hydrogen) atoms. The molecule has 0 aromatic heterocycles. The number of aromatic carboxylic acids is 1. The van der Waals surface area contributed by atoms with E-state index in [0.29, 0.717) is 16.1 Å². The quantitative estimate of drug-likeness (QED) is 0.490. The SMILES string of the molecule is O=C(O)c1ccc(-c2ccc(O[C@H]3O[C@H](CO)[C@@H](O)[C@H](O)[C@@H]3O)cc2Cl)cc1. The van der Waals surface area contributed by atoms with E-state index in [-0.39, 0.29) is 11.3 Å². The molecule has 5 atom stereocenters. The van der Waals surface area contributed by atoms with Crippen LogP contribution in [0.5, 0.6) is 5.75 Å². The highest BCUT2D eigenvalue weighted by atomic mass is 35.5. The molecule has 1 aliphatic heterocycles. The first-order valence-electron chi connectivity index (χ1n) is 8.42. The molecule has 0 bridgehead atoms. The molecule has 0 amide bonds. The van der Waals surface area contributed by atoms with Crippen LogP contribution in [0, 0.1) is 0 Å². The Morgan fingerprint density at radius 2 is 1.71 bits per heavy atom. The molecule has 0 unspecified atom stereocenters. The van der Waals surface area contributed by atoms with Crippen LogP contribution in [-0.2, 0) is 4.74 Å². The molecule has 1 heterocycles. The minimum absolute atomic E-state index is 0.155. The molecule has 8 nitrogen and oxygen atoms in total. The van der Waals surface area contributed by atoms with Crippen molar-refractivity contribution in [1.82, 2.24) is 0 Å². The normalized spacial score (nSPS) is 27.4. The number of aliphatic hydroxyl groups is 4. The number of ether oxygens (including phenoxy) is 2. The average Bonchev–Trinajstić information content (AvgIpc) is 2.68. The zero-order valence-electron chi connectivity index (χ0n) is 14.5. The van der Waals surface area contributed by atoms with Gasteiger partial charge in [0, 0.05) is 5.56 Å². The molecule has 0 spiro atoms. The Hall–Kier alpha value is -2.20. The first-order valence-corrected chi connectivity index (χ1v) is 8.80. The van der Waals surface area contributed by atoms with Gasteiger partial charge in [-0.2, -0.15) is 0 Å². The first kappa shape index (κ1) is 20.5. The van der Waals surface area contributed by atoms with Crippen LogP contribution in [-0.4, -0.2) is 68.8 Å². The third kappa shape index (κ3) is 4.12. The second-order valence-corrected chi connectivity index (χ2v) is 6.75. The predicted octanol–water partition coefficient (Wildman–Crippen LogP) is 0.884. The maximum atomic E-state index is 10.9. The maximum absolute atomic E-state index is 10.9. The summed E-state index contributed by atoms with van der Waals surface area (Å²) in [7, 11) is 0. The Morgan fingerprint density at radius 1 is 1.04 bits per heavy atom. The van der Waals surface area contributed by atoms with Gasteiger partial charge in [-0.05, 0) is 35.9 Å². The summed E-state index contributed by atoms with van der Waals surface area (Å²) in [5.41, 5.74) is 1.50. The van der Waals surface area contributed by atoms with E-state index in [1.807, 2.05) is 0 Å². The molecular formula is C19H19ClO8. The van der Waals surface area contributed by atoms with Crippen molar-refractivity contribution in [3.63, 3.8) is 0 Å². The van der Waals surface area contributed by atoms with Crippen molar-refractivity contribution in [2.75, 3.05) is 6.61 Å². The predicted molar refractivity (Wildman–Crippen MR) is 98.2 cm³/mol. The topological polar surface area (TPSA) is 137 Å². The van der Waals surface area contributed by atoms with E-state index < -0.39 is 43.3 Å². The third-order valence-corrected chi connectivity index (χ3v) is 4.80. The smallest absolute Gasteiger partial charge is 0.335 e. The van der Waals surface area contributed by atoms with Crippen LogP contribution >= 0.6 is 11.6 Å². The zero-order chi connectivity index (χ0) is 20.4. The summed E-state index contributed by atoms with van der Waals surface area (Å²) in [5.74, 6) is -0.791. The van der Waals surface area contributed by atoms with Gasteiger partial charge in [0.15, 0.2) is 0 Å².